The van der Waals surface area contributed by atoms with Crippen molar-refractivity contribution in [1.82, 2.24) is 9.80 Å². The number of ether oxygens (including phenoxy) is 1. The van der Waals surface area contributed by atoms with Crippen LogP contribution in [0.25, 0.3) is 0 Å². The van der Waals surface area contributed by atoms with Crippen LogP contribution in [-0.2, 0) is 16.1 Å². The number of carbonyl (C=O) groups is 1. The maximum atomic E-state index is 12.2. The van der Waals surface area contributed by atoms with Crippen molar-refractivity contribution in [2.75, 3.05) is 39.9 Å². The zero-order chi connectivity index (χ0) is 15.4. The number of benzene rings is 1. The number of aromatic hydroxyl groups is 1. The van der Waals surface area contributed by atoms with Gasteiger partial charge in [0, 0.05) is 19.6 Å². The van der Waals surface area contributed by atoms with Crippen molar-refractivity contribution in [3.05, 3.63) is 26.6 Å². The molecule has 7 heteroatoms. The second-order valence-electron chi connectivity index (χ2n) is 5.07. The van der Waals surface area contributed by atoms with Gasteiger partial charge in [-0.05, 0) is 56.6 Å². The second kappa shape index (κ2) is 7.58. The van der Waals surface area contributed by atoms with E-state index in [9.17, 15) is 9.90 Å². The van der Waals surface area contributed by atoms with Crippen molar-refractivity contribution in [2.24, 2.45) is 0 Å². The van der Waals surface area contributed by atoms with Crippen molar-refractivity contribution in [3.63, 3.8) is 0 Å². The number of morpholine rings is 1. The molecule has 0 spiro atoms. The smallest absolute Gasteiger partial charge is 0.236 e. The van der Waals surface area contributed by atoms with Crippen LogP contribution in [0.15, 0.2) is 21.1 Å². The third kappa shape index (κ3) is 4.67. The average Bonchev–Trinajstić information content (AvgIpc) is 2.45. The Bertz CT molecular complexity index is 496. The topological polar surface area (TPSA) is 53.0 Å². The lowest BCUT2D eigenvalue weighted by atomic mass is 10.2. The molecule has 0 aliphatic carbocycles. The van der Waals surface area contributed by atoms with Gasteiger partial charge in [-0.3, -0.25) is 9.69 Å². The molecule has 1 aromatic carbocycles. The molecule has 1 aliphatic heterocycles. The SMILES string of the molecule is CN(CC(=O)N1CCOCC1)Cc1cc(Br)c(O)c(Br)c1. The van der Waals surface area contributed by atoms with Gasteiger partial charge in [0.2, 0.25) is 5.91 Å². The van der Waals surface area contributed by atoms with Crippen LogP contribution in [0.3, 0.4) is 0 Å². The summed E-state index contributed by atoms with van der Waals surface area (Å²) in [5.41, 5.74) is 1.02. The third-order valence-electron chi connectivity index (χ3n) is 3.30. The summed E-state index contributed by atoms with van der Waals surface area (Å²) in [4.78, 5) is 16.0. The Morgan fingerprint density at radius 3 is 2.48 bits per heavy atom. The molecule has 21 heavy (non-hydrogen) atoms. The van der Waals surface area contributed by atoms with E-state index in [1.165, 1.54) is 0 Å². The van der Waals surface area contributed by atoms with E-state index in [0.717, 1.165) is 5.56 Å². The maximum Gasteiger partial charge on any atom is 0.236 e. The number of halogens is 2. The third-order valence-corrected chi connectivity index (χ3v) is 4.51. The molecule has 116 valence electrons. The number of likely N-dealkylation sites (N-methyl/N-ethyl adjacent to an activating group) is 1. The monoisotopic (exact) mass is 420 g/mol. The largest absolute Gasteiger partial charge is 0.506 e. The van der Waals surface area contributed by atoms with E-state index in [0.29, 0.717) is 48.3 Å². The Hall–Kier alpha value is -0.630. The van der Waals surface area contributed by atoms with Gasteiger partial charge in [-0.15, -0.1) is 0 Å². The van der Waals surface area contributed by atoms with Crippen LogP contribution in [0.5, 0.6) is 5.75 Å². The molecule has 0 radical (unpaired) electrons. The molecule has 1 heterocycles. The van der Waals surface area contributed by atoms with Gasteiger partial charge in [0.05, 0.1) is 28.7 Å². The molecule has 1 saturated heterocycles. The molecule has 1 N–H and O–H groups in total. The van der Waals surface area contributed by atoms with E-state index >= 15 is 0 Å². The first-order valence-electron chi connectivity index (χ1n) is 6.68. The highest BCUT2D eigenvalue weighted by atomic mass is 79.9. The molecule has 0 unspecified atom stereocenters. The van der Waals surface area contributed by atoms with Gasteiger partial charge in [-0.2, -0.15) is 0 Å². The maximum absolute atomic E-state index is 12.2. The summed E-state index contributed by atoms with van der Waals surface area (Å²) in [5.74, 6) is 0.309. The summed E-state index contributed by atoms with van der Waals surface area (Å²) in [6.45, 7) is 3.58. The fourth-order valence-electron chi connectivity index (χ4n) is 2.22. The number of hydrogen-bond acceptors (Lipinski definition) is 4. The summed E-state index contributed by atoms with van der Waals surface area (Å²) in [5, 5.41) is 9.70. The molecule has 0 aromatic heterocycles. The van der Waals surface area contributed by atoms with Gasteiger partial charge in [0.25, 0.3) is 0 Å². The van der Waals surface area contributed by atoms with Gasteiger partial charge < -0.3 is 14.7 Å². The highest BCUT2D eigenvalue weighted by Gasteiger charge is 2.18. The molecule has 0 atom stereocenters. The van der Waals surface area contributed by atoms with E-state index in [-0.39, 0.29) is 11.7 Å². The summed E-state index contributed by atoms with van der Waals surface area (Å²) in [6.07, 6.45) is 0. The van der Waals surface area contributed by atoms with E-state index in [1.54, 1.807) is 0 Å². The number of amides is 1. The van der Waals surface area contributed by atoms with Crippen LogP contribution in [0, 0.1) is 0 Å². The molecule has 1 amide bonds. The van der Waals surface area contributed by atoms with Crippen LogP contribution >= 0.6 is 31.9 Å². The van der Waals surface area contributed by atoms with Gasteiger partial charge in [0.15, 0.2) is 0 Å². The van der Waals surface area contributed by atoms with E-state index in [2.05, 4.69) is 31.9 Å². The van der Waals surface area contributed by atoms with Crippen LogP contribution in [0.4, 0.5) is 0 Å². The molecular formula is C14H18Br2N2O3. The molecule has 1 fully saturated rings. The summed E-state index contributed by atoms with van der Waals surface area (Å²) >= 11 is 6.63. The van der Waals surface area contributed by atoms with E-state index in [1.807, 2.05) is 29.0 Å². The van der Waals surface area contributed by atoms with Crippen molar-refractivity contribution in [3.8, 4) is 5.75 Å². The summed E-state index contributed by atoms with van der Waals surface area (Å²) in [7, 11) is 1.91. The van der Waals surface area contributed by atoms with E-state index in [4.69, 9.17) is 4.74 Å². The lowest BCUT2D eigenvalue weighted by molar-refractivity contribution is -0.136. The first-order valence-corrected chi connectivity index (χ1v) is 8.27. The number of nitrogens with zero attached hydrogens (tertiary/aromatic N) is 2. The van der Waals surface area contributed by atoms with Crippen molar-refractivity contribution in [1.29, 1.82) is 0 Å². The predicted molar refractivity (Wildman–Crippen MR) is 87.2 cm³/mol. The second-order valence-corrected chi connectivity index (χ2v) is 6.78. The number of phenols is 1. The highest BCUT2D eigenvalue weighted by molar-refractivity contribution is 9.11. The molecule has 0 bridgehead atoms. The summed E-state index contributed by atoms with van der Waals surface area (Å²) < 4.78 is 6.52. The Kier molecular flexibility index (Phi) is 6.04. The number of phenolic OH excluding ortho intramolecular Hbond substituents is 1. The number of hydrogen-bond donors (Lipinski definition) is 1. The number of carbonyl (C=O) groups excluding carboxylic acids is 1. The lowest BCUT2D eigenvalue weighted by Crippen LogP contribution is -2.44. The fraction of sp³-hybridized carbons (Fsp3) is 0.500. The van der Waals surface area contributed by atoms with Crippen LogP contribution in [0.2, 0.25) is 0 Å². The Labute approximate surface area is 141 Å². The van der Waals surface area contributed by atoms with E-state index < -0.39 is 0 Å². The fourth-order valence-corrected chi connectivity index (χ4v) is 3.50. The minimum absolute atomic E-state index is 0.123. The molecule has 1 aliphatic rings. The lowest BCUT2D eigenvalue weighted by Gasteiger charge is -2.28. The molecule has 0 saturated carbocycles. The standard InChI is InChI=1S/C14H18Br2N2O3/c1-17(9-13(19)18-2-4-21-5-3-18)8-10-6-11(15)14(20)12(16)7-10/h6-7,20H,2-5,8-9H2,1H3. The summed E-state index contributed by atoms with van der Waals surface area (Å²) in [6, 6.07) is 3.71. The van der Waals surface area contributed by atoms with Crippen molar-refractivity contribution < 1.29 is 14.6 Å². The quantitative estimate of drug-likeness (QED) is 0.809. The zero-order valence-electron chi connectivity index (χ0n) is 11.8. The van der Waals surface area contributed by atoms with Crippen molar-refractivity contribution in [2.45, 2.75) is 6.54 Å². The Morgan fingerprint density at radius 1 is 1.33 bits per heavy atom. The van der Waals surface area contributed by atoms with Crippen molar-refractivity contribution >= 4 is 37.8 Å². The van der Waals surface area contributed by atoms with Crippen LogP contribution in [-0.4, -0.2) is 60.7 Å². The first-order chi connectivity index (χ1) is 9.97. The van der Waals surface area contributed by atoms with Crippen LogP contribution in [0.1, 0.15) is 5.56 Å². The zero-order valence-corrected chi connectivity index (χ0v) is 15.0. The van der Waals surface area contributed by atoms with Gasteiger partial charge >= 0.3 is 0 Å². The molecule has 1 aromatic rings. The normalized spacial score (nSPS) is 15.5. The Morgan fingerprint density at radius 2 is 1.90 bits per heavy atom. The predicted octanol–water partition coefficient (Wildman–Crippen LogP) is 2.21. The Balaban J connectivity index is 1.92. The highest BCUT2D eigenvalue weighted by Crippen LogP contribution is 2.33. The van der Waals surface area contributed by atoms with Gasteiger partial charge in [0.1, 0.15) is 5.75 Å². The van der Waals surface area contributed by atoms with Crippen LogP contribution < -0.4 is 0 Å². The molecular weight excluding hydrogens is 404 g/mol. The molecule has 2 rings (SSSR count). The minimum Gasteiger partial charge on any atom is -0.506 e. The van der Waals surface area contributed by atoms with Gasteiger partial charge in [-0.1, -0.05) is 0 Å². The number of rotatable bonds is 4. The van der Waals surface area contributed by atoms with Gasteiger partial charge in [-0.25, -0.2) is 0 Å². The minimum atomic E-state index is 0.123. The molecule has 5 nitrogen and oxygen atoms in total. The first kappa shape index (κ1) is 16.7. The average molecular weight is 422 g/mol.